The smallest absolute Gasteiger partial charge is 0.238 e. The summed E-state index contributed by atoms with van der Waals surface area (Å²) in [6.45, 7) is 0. The Kier molecular flexibility index (Phi) is 4.46. The lowest BCUT2D eigenvalue weighted by Gasteiger charge is -1.96. The molecule has 0 N–H and O–H groups in total. The van der Waals surface area contributed by atoms with Crippen LogP contribution in [0.1, 0.15) is 11.1 Å². The van der Waals surface area contributed by atoms with E-state index in [1.54, 1.807) is 43.0 Å². The maximum atomic E-state index is 9.69. The van der Waals surface area contributed by atoms with Crippen LogP contribution in [-0.2, 0) is 0 Å². The minimum Gasteiger partial charge on any atom is -0.464 e. The fourth-order valence-corrected chi connectivity index (χ4v) is 3.14. The molecule has 0 amide bonds. The molecule has 3 aromatic heterocycles. The van der Waals surface area contributed by atoms with Crippen LogP contribution in [0.4, 0.5) is 5.88 Å². The predicted molar refractivity (Wildman–Crippen MR) is 105 cm³/mol. The molecule has 0 aliphatic carbocycles. The molecule has 1 aromatic carbocycles. The van der Waals surface area contributed by atoms with Gasteiger partial charge in [-0.2, -0.15) is 5.26 Å². The number of halogens is 1. The summed E-state index contributed by atoms with van der Waals surface area (Å²) in [7, 11) is 0. The average molecular weight is 454 g/mol. The van der Waals surface area contributed by atoms with Crippen LogP contribution in [0.25, 0.3) is 22.8 Å². The van der Waals surface area contributed by atoms with Gasteiger partial charge in [-0.05, 0) is 64.6 Å². The molecular weight excluding hydrogens is 443 g/mol. The van der Waals surface area contributed by atoms with Crippen molar-refractivity contribution >= 4 is 34.7 Å². The van der Waals surface area contributed by atoms with Crippen LogP contribution in [0, 0.1) is 14.9 Å². The van der Waals surface area contributed by atoms with Crippen LogP contribution in [0.3, 0.4) is 0 Å². The molecule has 0 bridgehead atoms. The lowest BCUT2D eigenvalue weighted by molar-refractivity contribution is 0.527. The van der Waals surface area contributed by atoms with Gasteiger partial charge in [0.05, 0.1) is 18.1 Å². The van der Waals surface area contributed by atoms with E-state index in [-0.39, 0.29) is 5.88 Å². The molecule has 4 aromatic rings. The Morgan fingerprint density at radius 2 is 1.77 bits per heavy atom. The van der Waals surface area contributed by atoms with E-state index in [2.05, 4.69) is 33.7 Å². The number of nitrogens with zero attached hydrogens (tertiary/aromatic N) is 2. The highest BCUT2D eigenvalue weighted by Crippen LogP contribution is 2.42. The highest BCUT2D eigenvalue weighted by molar-refractivity contribution is 14.1. The molecule has 0 unspecified atom stereocenters. The normalized spacial score (nSPS) is 11.1. The number of hydrogen-bond acceptors (Lipinski definition) is 5. The van der Waals surface area contributed by atoms with Gasteiger partial charge in [-0.1, -0.05) is 12.1 Å². The second kappa shape index (κ2) is 7.06. The van der Waals surface area contributed by atoms with Gasteiger partial charge in [0.25, 0.3) is 0 Å². The summed E-state index contributed by atoms with van der Waals surface area (Å²) in [5.41, 5.74) is 1.74. The Bertz CT molecular complexity index is 1100. The molecule has 0 atom stereocenters. The first-order valence-electron chi connectivity index (χ1n) is 7.70. The molecule has 0 saturated carbocycles. The van der Waals surface area contributed by atoms with Crippen LogP contribution < -0.4 is 0 Å². The fourth-order valence-electron chi connectivity index (χ4n) is 2.57. The highest BCUT2D eigenvalue weighted by Gasteiger charge is 2.25. The molecule has 0 radical (unpaired) electrons. The third-order valence-corrected chi connectivity index (χ3v) is 4.36. The van der Waals surface area contributed by atoms with Gasteiger partial charge in [-0.3, -0.25) is 0 Å². The van der Waals surface area contributed by atoms with Crippen molar-refractivity contribution in [2.45, 2.75) is 0 Å². The van der Waals surface area contributed by atoms with Crippen molar-refractivity contribution in [2.24, 2.45) is 4.99 Å². The second-order valence-electron chi connectivity index (χ2n) is 5.37. The van der Waals surface area contributed by atoms with Gasteiger partial charge < -0.3 is 13.3 Å². The average Bonchev–Trinajstić information content (AvgIpc) is 3.39. The third kappa shape index (κ3) is 3.09. The standard InChI is InChI=1S/C20H11IN2O3/c21-14-5-1-4-13(10-14)12-23-20-15(11-22)18(16-6-2-8-24-16)19(26-20)17-7-3-9-25-17/h1-10,12H. The molecule has 26 heavy (non-hydrogen) atoms. The fraction of sp³-hybridized carbons (Fsp3) is 0. The Labute approximate surface area is 162 Å². The third-order valence-electron chi connectivity index (χ3n) is 3.69. The summed E-state index contributed by atoms with van der Waals surface area (Å²) >= 11 is 2.24. The van der Waals surface area contributed by atoms with E-state index in [4.69, 9.17) is 13.3 Å². The number of nitriles is 1. The van der Waals surface area contributed by atoms with Crippen molar-refractivity contribution < 1.29 is 13.3 Å². The van der Waals surface area contributed by atoms with Crippen LogP contribution in [0.15, 0.2) is 79.3 Å². The zero-order chi connectivity index (χ0) is 17.9. The van der Waals surface area contributed by atoms with Crippen molar-refractivity contribution in [3.8, 4) is 28.9 Å². The van der Waals surface area contributed by atoms with E-state index >= 15 is 0 Å². The SMILES string of the molecule is N#Cc1c(N=Cc2cccc(I)c2)oc(-c2ccco2)c1-c1ccco1. The molecule has 3 heterocycles. The van der Waals surface area contributed by atoms with Gasteiger partial charge in [0, 0.05) is 9.78 Å². The van der Waals surface area contributed by atoms with Gasteiger partial charge >= 0.3 is 0 Å². The second-order valence-corrected chi connectivity index (χ2v) is 6.61. The van der Waals surface area contributed by atoms with E-state index in [1.807, 2.05) is 24.3 Å². The van der Waals surface area contributed by atoms with Crippen LogP contribution >= 0.6 is 22.6 Å². The Balaban J connectivity index is 1.86. The van der Waals surface area contributed by atoms with Gasteiger partial charge in [0.2, 0.25) is 5.88 Å². The predicted octanol–water partition coefficient (Wildman–Crippen LogP) is 6.03. The van der Waals surface area contributed by atoms with Gasteiger partial charge in [-0.15, -0.1) is 0 Å². The highest BCUT2D eigenvalue weighted by atomic mass is 127. The Morgan fingerprint density at radius 1 is 1.00 bits per heavy atom. The van der Waals surface area contributed by atoms with Gasteiger partial charge in [0.1, 0.15) is 17.4 Å². The maximum Gasteiger partial charge on any atom is 0.238 e. The van der Waals surface area contributed by atoms with Crippen molar-refractivity contribution in [2.75, 3.05) is 0 Å². The Morgan fingerprint density at radius 3 is 2.42 bits per heavy atom. The summed E-state index contributed by atoms with van der Waals surface area (Å²) < 4.78 is 17.9. The minimum absolute atomic E-state index is 0.212. The van der Waals surface area contributed by atoms with Crippen molar-refractivity contribution in [3.63, 3.8) is 0 Å². The summed E-state index contributed by atoms with van der Waals surface area (Å²) in [5.74, 6) is 1.65. The summed E-state index contributed by atoms with van der Waals surface area (Å²) in [6, 6.07) is 17.1. The van der Waals surface area contributed by atoms with Crippen molar-refractivity contribution in [1.82, 2.24) is 0 Å². The number of furan rings is 3. The van der Waals surface area contributed by atoms with Crippen LogP contribution in [-0.4, -0.2) is 6.21 Å². The van der Waals surface area contributed by atoms with Crippen molar-refractivity contribution in [3.05, 3.63) is 75.8 Å². The first-order valence-corrected chi connectivity index (χ1v) is 8.78. The summed E-state index contributed by atoms with van der Waals surface area (Å²) in [6.07, 6.45) is 4.76. The molecule has 0 aliphatic rings. The largest absolute Gasteiger partial charge is 0.464 e. The van der Waals surface area contributed by atoms with E-state index in [1.165, 1.54) is 0 Å². The lowest BCUT2D eigenvalue weighted by atomic mass is 10.1. The number of rotatable bonds is 4. The molecule has 5 nitrogen and oxygen atoms in total. The molecule has 6 heteroatoms. The molecule has 126 valence electrons. The molecule has 0 saturated heterocycles. The van der Waals surface area contributed by atoms with E-state index < -0.39 is 0 Å². The number of aliphatic imine (C=N–C) groups is 1. The summed E-state index contributed by atoms with van der Waals surface area (Å²) in [5, 5.41) is 9.69. The minimum atomic E-state index is 0.212. The van der Waals surface area contributed by atoms with Gasteiger partial charge in [-0.25, -0.2) is 4.99 Å². The van der Waals surface area contributed by atoms with E-state index in [0.29, 0.717) is 28.4 Å². The zero-order valence-electron chi connectivity index (χ0n) is 13.3. The number of hydrogen-bond donors (Lipinski definition) is 0. The molecule has 0 aliphatic heterocycles. The molecule has 0 fully saturated rings. The topological polar surface area (TPSA) is 75.6 Å². The number of benzene rings is 1. The van der Waals surface area contributed by atoms with Crippen molar-refractivity contribution in [1.29, 1.82) is 5.26 Å². The van der Waals surface area contributed by atoms with E-state index in [0.717, 1.165) is 9.13 Å². The molecule has 0 spiro atoms. The summed E-state index contributed by atoms with van der Waals surface area (Å²) in [4.78, 5) is 4.39. The molecule has 4 rings (SSSR count). The van der Waals surface area contributed by atoms with Crippen LogP contribution in [0.5, 0.6) is 0 Å². The first kappa shape index (κ1) is 16.4. The maximum absolute atomic E-state index is 9.69. The van der Waals surface area contributed by atoms with E-state index in [9.17, 15) is 5.26 Å². The Hall–Kier alpha value is -3.05. The lowest BCUT2D eigenvalue weighted by Crippen LogP contribution is -1.82. The first-order chi connectivity index (χ1) is 12.8. The molecular formula is C20H11IN2O3. The monoisotopic (exact) mass is 454 g/mol. The zero-order valence-corrected chi connectivity index (χ0v) is 15.5. The quantitative estimate of drug-likeness (QED) is 0.279. The van der Waals surface area contributed by atoms with Gasteiger partial charge in [0.15, 0.2) is 11.5 Å². The van der Waals surface area contributed by atoms with Crippen LogP contribution in [0.2, 0.25) is 0 Å².